The summed E-state index contributed by atoms with van der Waals surface area (Å²) in [5, 5.41) is 0.569. The van der Waals surface area contributed by atoms with Gasteiger partial charge in [-0.25, -0.2) is 13.8 Å². The Morgan fingerprint density at radius 2 is 2.10 bits per heavy atom. The molecule has 9 heteroatoms. The van der Waals surface area contributed by atoms with Crippen LogP contribution < -0.4 is 5.56 Å². The van der Waals surface area contributed by atoms with Crippen LogP contribution in [0.3, 0.4) is 0 Å². The molecule has 0 saturated heterocycles. The van der Waals surface area contributed by atoms with Crippen molar-refractivity contribution in [2.75, 3.05) is 6.61 Å². The first-order valence-electron chi connectivity index (χ1n) is 5.72. The van der Waals surface area contributed by atoms with Gasteiger partial charge in [0.1, 0.15) is 19.0 Å². The Morgan fingerprint density at radius 3 is 2.76 bits per heavy atom. The molecule has 0 aliphatic heterocycles. The van der Waals surface area contributed by atoms with Crippen molar-refractivity contribution in [1.29, 1.82) is 0 Å². The number of halogens is 5. The van der Waals surface area contributed by atoms with Gasteiger partial charge in [0, 0.05) is 5.02 Å². The number of benzene rings is 1. The first kappa shape index (κ1) is 15.7. The maximum absolute atomic E-state index is 12.6. The van der Waals surface area contributed by atoms with Crippen LogP contribution >= 0.6 is 11.6 Å². The molecular formula is C12H9ClF4N2O2. The van der Waals surface area contributed by atoms with Gasteiger partial charge in [0.2, 0.25) is 0 Å². The summed E-state index contributed by atoms with van der Waals surface area (Å²) in [6, 6.07) is 4.38. The standard InChI is InChI=1S/C12H9ClF4N2O2/c13-6-1-2-8-7(3-6)10(20)19-9(18-8)4-21-5-12(16,17)11(14)15/h1-3,11H,4-5H2,(H,18,19,20). The topological polar surface area (TPSA) is 55.0 Å². The van der Waals surface area contributed by atoms with Crippen molar-refractivity contribution in [2.45, 2.75) is 19.0 Å². The van der Waals surface area contributed by atoms with Gasteiger partial charge in [-0.05, 0) is 18.2 Å². The number of fused-ring (bicyclic) bond motifs is 1. The van der Waals surface area contributed by atoms with Crippen LogP contribution in [0.25, 0.3) is 10.9 Å². The van der Waals surface area contributed by atoms with Gasteiger partial charge < -0.3 is 9.72 Å². The molecule has 0 atom stereocenters. The van der Waals surface area contributed by atoms with Gasteiger partial charge in [-0.3, -0.25) is 4.79 Å². The minimum Gasteiger partial charge on any atom is -0.367 e. The Hall–Kier alpha value is -1.67. The summed E-state index contributed by atoms with van der Waals surface area (Å²) in [4.78, 5) is 18.0. The van der Waals surface area contributed by atoms with Crippen molar-refractivity contribution in [2.24, 2.45) is 0 Å². The molecule has 2 aromatic rings. The molecule has 0 fully saturated rings. The Bertz CT molecular complexity index is 705. The second-order valence-electron chi connectivity index (χ2n) is 4.23. The molecule has 4 nitrogen and oxygen atoms in total. The molecule has 0 spiro atoms. The van der Waals surface area contributed by atoms with E-state index in [0.29, 0.717) is 10.5 Å². The zero-order chi connectivity index (χ0) is 15.6. The van der Waals surface area contributed by atoms with Crippen molar-refractivity contribution in [1.82, 2.24) is 9.97 Å². The van der Waals surface area contributed by atoms with Gasteiger partial charge in [-0.2, -0.15) is 8.78 Å². The third-order valence-electron chi connectivity index (χ3n) is 2.57. The van der Waals surface area contributed by atoms with Gasteiger partial charge in [0.25, 0.3) is 5.56 Å². The molecule has 21 heavy (non-hydrogen) atoms. The van der Waals surface area contributed by atoms with Crippen LogP contribution in [0.2, 0.25) is 5.02 Å². The summed E-state index contributed by atoms with van der Waals surface area (Å²) in [6.07, 6.45) is -3.82. The minimum atomic E-state index is -4.25. The number of nitrogens with zero attached hydrogens (tertiary/aromatic N) is 1. The van der Waals surface area contributed by atoms with E-state index >= 15 is 0 Å². The Morgan fingerprint density at radius 1 is 1.38 bits per heavy atom. The second kappa shape index (κ2) is 5.98. The van der Waals surface area contributed by atoms with Gasteiger partial charge in [-0.1, -0.05) is 11.6 Å². The van der Waals surface area contributed by atoms with Crippen molar-refractivity contribution >= 4 is 22.5 Å². The SMILES string of the molecule is O=c1[nH]c(COCC(F)(F)C(F)F)nc2ccc(Cl)cc12. The highest BCUT2D eigenvalue weighted by Crippen LogP contribution is 2.23. The molecule has 114 valence electrons. The fourth-order valence-electron chi connectivity index (χ4n) is 1.57. The predicted molar refractivity (Wildman–Crippen MR) is 68.0 cm³/mol. The zero-order valence-electron chi connectivity index (χ0n) is 10.4. The van der Waals surface area contributed by atoms with Crippen LogP contribution in [0.4, 0.5) is 17.6 Å². The Labute approximate surface area is 120 Å². The molecule has 1 aromatic carbocycles. The number of aromatic nitrogens is 2. The Balaban J connectivity index is 2.14. The van der Waals surface area contributed by atoms with E-state index in [0.717, 1.165) is 0 Å². The summed E-state index contributed by atoms with van der Waals surface area (Å²) < 4.78 is 53.6. The molecule has 0 radical (unpaired) electrons. The highest BCUT2D eigenvalue weighted by molar-refractivity contribution is 6.31. The van der Waals surface area contributed by atoms with E-state index < -0.39 is 31.1 Å². The summed E-state index contributed by atoms with van der Waals surface area (Å²) in [6.45, 7) is -1.98. The lowest BCUT2D eigenvalue weighted by Gasteiger charge is -2.14. The van der Waals surface area contributed by atoms with E-state index in [-0.39, 0.29) is 11.2 Å². The summed E-state index contributed by atoms with van der Waals surface area (Å²) >= 11 is 5.73. The molecule has 0 amide bonds. The quantitative estimate of drug-likeness (QED) is 0.860. The van der Waals surface area contributed by atoms with Crippen molar-refractivity contribution in [3.8, 4) is 0 Å². The molecule has 0 saturated carbocycles. The number of H-pyrrole nitrogens is 1. The lowest BCUT2D eigenvalue weighted by atomic mass is 10.2. The Kier molecular flexibility index (Phi) is 4.48. The van der Waals surface area contributed by atoms with Gasteiger partial charge >= 0.3 is 12.3 Å². The lowest BCUT2D eigenvalue weighted by molar-refractivity contribution is -0.168. The highest BCUT2D eigenvalue weighted by atomic mass is 35.5. The molecule has 0 aliphatic carbocycles. The van der Waals surface area contributed by atoms with Crippen molar-refractivity contribution < 1.29 is 22.3 Å². The molecule has 1 N–H and O–H groups in total. The van der Waals surface area contributed by atoms with Gasteiger partial charge in [0.15, 0.2) is 0 Å². The van der Waals surface area contributed by atoms with Crippen molar-refractivity contribution in [3.63, 3.8) is 0 Å². The molecule has 0 unspecified atom stereocenters. The largest absolute Gasteiger partial charge is 0.367 e. The van der Waals surface area contributed by atoms with Crippen LogP contribution in [0.15, 0.2) is 23.0 Å². The molecule has 0 bridgehead atoms. The van der Waals surface area contributed by atoms with E-state index in [9.17, 15) is 22.4 Å². The maximum atomic E-state index is 12.6. The number of rotatable bonds is 5. The fraction of sp³-hybridized carbons (Fsp3) is 0.333. The average Bonchev–Trinajstić information content (AvgIpc) is 2.39. The third kappa shape index (κ3) is 3.70. The highest BCUT2D eigenvalue weighted by Gasteiger charge is 2.40. The predicted octanol–water partition coefficient (Wildman–Crippen LogP) is 2.99. The van der Waals surface area contributed by atoms with E-state index in [1.54, 1.807) is 0 Å². The van der Waals surface area contributed by atoms with Crippen LogP contribution in [-0.4, -0.2) is 28.9 Å². The normalized spacial score (nSPS) is 12.3. The number of hydrogen-bond acceptors (Lipinski definition) is 3. The maximum Gasteiger partial charge on any atom is 0.330 e. The van der Waals surface area contributed by atoms with E-state index in [2.05, 4.69) is 14.7 Å². The number of nitrogens with one attached hydrogen (secondary N) is 1. The fourth-order valence-corrected chi connectivity index (χ4v) is 1.75. The van der Waals surface area contributed by atoms with Crippen molar-refractivity contribution in [3.05, 3.63) is 39.4 Å². The first-order chi connectivity index (χ1) is 9.79. The van der Waals surface area contributed by atoms with Gasteiger partial charge in [0.05, 0.1) is 10.9 Å². The number of ether oxygens (including phenoxy) is 1. The van der Waals surface area contributed by atoms with E-state index in [4.69, 9.17) is 11.6 Å². The number of alkyl halides is 4. The second-order valence-corrected chi connectivity index (χ2v) is 4.67. The summed E-state index contributed by atoms with van der Waals surface area (Å²) in [5.41, 5.74) is -0.232. The summed E-state index contributed by atoms with van der Waals surface area (Å²) in [7, 11) is 0. The average molecular weight is 325 g/mol. The van der Waals surface area contributed by atoms with E-state index in [1.165, 1.54) is 18.2 Å². The molecule has 1 aromatic heterocycles. The number of hydrogen-bond donors (Lipinski definition) is 1. The molecule has 0 aliphatic rings. The van der Waals surface area contributed by atoms with Gasteiger partial charge in [-0.15, -0.1) is 0 Å². The minimum absolute atomic E-state index is 0.0418. The lowest BCUT2D eigenvalue weighted by Crippen LogP contribution is -2.32. The van der Waals surface area contributed by atoms with Crippen LogP contribution in [0.1, 0.15) is 5.82 Å². The molecular weight excluding hydrogens is 316 g/mol. The van der Waals surface area contributed by atoms with Crippen LogP contribution in [0, 0.1) is 0 Å². The molecule has 2 rings (SSSR count). The van der Waals surface area contributed by atoms with Crippen LogP contribution in [-0.2, 0) is 11.3 Å². The van der Waals surface area contributed by atoms with E-state index in [1.807, 2.05) is 0 Å². The monoisotopic (exact) mass is 324 g/mol. The zero-order valence-corrected chi connectivity index (χ0v) is 11.1. The van der Waals surface area contributed by atoms with Crippen LogP contribution in [0.5, 0.6) is 0 Å². The first-order valence-corrected chi connectivity index (χ1v) is 6.09. The number of aromatic amines is 1. The third-order valence-corrected chi connectivity index (χ3v) is 2.80. The molecule has 1 heterocycles. The summed E-state index contributed by atoms with van der Waals surface area (Å²) in [5.74, 6) is -4.29. The smallest absolute Gasteiger partial charge is 0.330 e.